The van der Waals surface area contributed by atoms with Crippen molar-refractivity contribution in [3.8, 4) is 0 Å². The van der Waals surface area contributed by atoms with E-state index in [1.807, 2.05) is 0 Å². The van der Waals surface area contributed by atoms with Crippen LogP contribution in [0.25, 0.3) is 0 Å². The predicted octanol–water partition coefficient (Wildman–Crippen LogP) is 2.27. The molecule has 0 spiro atoms. The number of carbonyl (C=O) groups is 1. The fourth-order valence-corrected chi connectivity index (χ4v) is 3.14. The first-order valence-corrected chi connectivity index (χ1v) is 6.82. The third-order valence-electron chi connectivity index (χ3n) is 4.04. The smallest absolute Gasteiger partial charge is 0.241 e. The first-order chi connectivity index (χ1) is 7.74. The second kappa shape index (κ2) is 5.17. The molecule has 0 bridgehead atoms. The van der Waals surface area contributed by atoms with Gasteiger partial charge >= 0.3 is 0 Å². The number of hydrogen-bond acceptors (Lipinski definition) is 2. The summed E-state index contributed by atoms with van der Waals surface area (Å²) < 4.78 is 0. The van der Waals surface area contributed by atoms with Crippen molar-refractivity contribution >= 4 is 5.91 Å². The molecule has 0 aromatic carbocycles. The summed E-state index contributed by atoms with van der Waals surface area (Å²) in [6, 6.07) is 0.562. The quantitative estimate of drug-likeness (QED) is 0.730. The van der Waals surface area contributed by atoms with Crippen LogP contribution in [0, 0.1) is 0 Å². The van der Waals surface area contributed by atoms with Crippen LogP contribution in [-0.4, -0.2) is 29.1 Å². The Morgan fingerprint density at radius 2 is 1.88 bits per heavy atom. The Bertz CT molecular complexity index is 246. The van der Waals surface area contributed by atoms with Gasteiger partial charge < -0.3 is 4.90 Å². The number of nitrogens with zero attached hydrogens (tertiary/aromatic N) is 1. The van der Waals surface area contributed by atoms with E-state index in [1.165, 1.54) is 38.5 Å². The van der Waals surface area contributed by atoms with E-state index >= 15 is 0 Å². The third-order valence-corrected chi connectivity index (χ3v) is 4.04. The van der Waals surface area contributed by atoms with Crippen LogP contribution in [0.2, 0.25) is 0 Å². The maximum Gasteiger partial charge on any atom is 0.241 e. The largest absolute Gasteiger partial charge is 0.323 e. The second-order valence-electron chi connectivity index (χ2n) is 5.19. The van der Waals surface area contributed by atoms with Gasteiger partial charge in [0.1, 0.15) is 0 Å². The Labute approximate surface area is 98.6 Å². The molecule has 3 heteroatoms. The summed E-state index contributed by atoms with van der Waals surface area (Å²) in [4.78, 5) is 14.3. The summed E-state index contributed by atoms with van der Waals surface area (Å²) in [6.07, 6.45) is 8.82. The van der Waals surface area contributed by atoms with E-state index < -0.39 is 0 Å². The molecular formula is C13H24N2O. The maximum absolute atomic E-state index is 12.2. The zero-order valence-corrected chi connectivity index (χ0v) is 10.5. The molecule has 2 atom stereocenters. The van der Waals surface area contributed by atoms with Crippen LogP contribution in [0.1, 0.15) is 58.8 Å². The van der Waals surface area contributed by atoms with Crippen LogP contribution in [0.3, 0.4) is 0 Å². The minimum atomic E-state index is 0.0678. The highest BCUT2D eigenvalue weighted by molar-refractivity contribution is 5.84. The zero-order chi connectivity index (χ0) is 11.5. The normalized spacial score (nSPS) is 33.1. The zero-order valence-electron chi connectivity index (χ0n) is 10.5. The molecule has 1 amide bonds. The molecule has 2 unspecified atom stereocenters. The summed E-state index contributed by atoms with van der Waals surface area (Å²) in [5.41, 5.74) is 0. The highest BCUT2D eigenvalue weighted by Crippen LogP contribution is 2.26. The third kappa shape index (κ3) is 2.24. The van der Waals surface area contributed by atoms with Crippen molar-refractivity contribution < 1.29 is 4.79 Å². The predicted molar refractivity (Wildman–Crippen MR) is 65.0 cm³/mol. The van der Waals surface area contributed by atoms with E-state index in [0.717, 1.165) is 6.42 Å². The van der Waals surface area contributed by atoms with Gasteiger partial charge in [-0.2, -0.15) is 0 Å². The van der Waals surface area contributed by atoms with Crippen molar-refractivity contribution in [2.45, 2.75) is 77.0 Å². The first-order valence-electron chi connectivity index (χ1n) is 6.82. The van der Waals surface area contributed by atoms with Gasteiger partial charge in [0.15, 0.2) is 0 Å². The molecule has 1 aliphatic heterocycles. The summed E-state index contributed by atoms with van der Waals surface area (Å²) in [5, 5.41) is 3.40. The molecule has 1 N–H and O–H groups in total. The number of carbonyl (C=O) groups excluding carboxylic acids is 1. The fraction of sp³-hybridized carbons (Fsp3) is 0.923. The van der Waals surface area contributed by atoms with E-state index in [4.69, 9.17) is 0 Å². The SMILES string of the molecule is CCC1NC(C)N(C2CCCCCC2)C1=O. The molecule has 3 nitrogen and oxygen atoms in total. The van der Waals surface area contributed by atoms with Gasteiger partial charge in [-0.3, -0.25) is 10.1 Å². The summed E-state index contributed by atoms with van der Waals surface area (Å²) in [7, 11) is 0. The number of nitrogens with one attached hydrogen (secondary N) is 1. The molecule has 1 saturated heterocycles. The molecule has 0 aromatic heterocycles. The van der Waals surface area contributed by atoms with Gasteiger partial charge in [0.2, 0.25) is 5.91 Å². The van der Waals surface area contributed by atoms with Gasteiger partial charge in [-0.1, -0.05) is 32.6 Å². The van der Waals surface area contributed by atoms with Crippen LogP contribution in [-0.2, 0) is 4.79 Å². The Hall–Kier alpha value is -0.570. The molecule has 1 saturated carbocycles. The molecule has 16 heavy (non-hydrogen) atoms. The molecule has 2 rings (SSSR count). The van der Waals surface area contributed by atoms with Crippen LogP contribution in [0.15, 0.2) is 0 Å². The van der Waals surface area contributed by atoms with Crippen molar-refractivity contribution in [3.05, 3.63) is 0 Å². The molecule has 1 aliphatic carbocycles. The minimum absolute atomic E-state index is 0.0678. The topological polar surface area (TPSA) is 32.3 Å². The van der Waals surface area contributed by atoms with E-state index in [2.05, 4.69) is 24.1 Å². The van der Waals surface area contributed by atoms with Crippen molar-refractivity contribution in [1.82, 2.24) is 10.2 Å². The number of hydrogen-bond donors (Lipinski definition) is 1. The van der Waals surface area contributed by atoms with E-state index in [-0.39, 0.29) is 12.2 Å². The van der Waals surface area contributed by atoms with Crippen molar-refractivity contribution in [2.75, 3.05) is 0 Å². The van der Waals surface area contributed by atoms with Crippen LogP contribution in [0.5, 0.6) is 0 Å². The van der Waals surface area contributed by atoms with Gasteiger partial charge in [0, 0.05) is 6.04 Å². The average Bonchev–Trinajstić information content (AvgIpc) is 2.49. The second-order valence-corrected chi connectivity index (χ2v) is 5.19. The van der Waals surface area contributed by atoms with Gasteiger partial charge in [-0.05, 0) is 26.2 Å². The first kappa shape index (κ1) is 11.9. The van der Waals surface area contributed by atoms with Gasteiger partial charge in [-0.15, -0.1) is 0 Å². The lowest BCUT2D eigenvalue weighted by molar-refractivity contribution is -0.132. The monoisotopic (exact) mass is 224 g/mol. The minimum Gasteiger partial charge on any atom is -0.323 e. The van der Waals surface area contributed by atoms with Gasteiger partial charge in [0.05, 0.1) is 12.2 Å². The Morgan fingerprint density at radius 1 is 1.25 bits per heavy atom. The molecule has 0 radical (unpaired) electrons. The number of rotatable bonds is 2. The van der Waals surface area contributed by atoms with E-state index in [9.17, 15) is 4.79 Å². The lowest BCUT2D eigenvalue weighted by atomic mass is 10.1. The van der Waals surface area contributed by atoms with E-state index in [0.29, 0.717) is 11.9 Å². The highest BCUT2D eigenvalue weighted by Gasteiger charge is 2.39. The van der Waals surface area contributed by atoms with Crippen LogP contribution >= 0.6 is 0 Å². The summed E-state index contributed by atoms with van der Waals surface area (Å²) in [5.74, 6) is 0.335. The molecule has 92 valence electrons. The number of amides is 1. The summed E-state index contributed by atoms with van der Waals surface area (Å²) >= 11 is 0. The van der Waals surface area contributed by atoms with Crippen molar-refractivity contribution in [2.24, 2.45) is 0 Å². The lowest BCUT2D eigenvalue weighted by Gasteiger charge is -2.30. The maximum atomic E-state index is 12.2. The Kier molecular flexibility index (Phi) is 3.85. The lowest BCUT2D eigenvalue weighted by Crippen LogP contribution is -2.42. The van der Waals surface area contributed by atoms with Gasteiger partial charge in [-0.25, -0.2) is 0 Å². The molecule has 2 fully saturated rings. The molecule has 0 aromatic rings. The van der Waals surface area contributed by atoms with Gasteiger partial charge in [0.25, 0.3) is 0 Å². The highest BCUT2D eigenvalue weighted by atomic mass is 16.2. The fourth-order valence-electron chi connectivity index (χ4n) is 3.14. The molecule has 1 heterocycles. The van der Waals surface area contributed by atoms with Crippen molar-refractivity contribution in [1.29, 1.82) is 0 Å². The van der Waals surface area contributed by atoms with Crippen molar-refractivity contribution in [3.63, 3.8) is 0 Å². The standard InChI is InChI=1S/C13H24N2O/c1-3-12-13(16)15(10(2)14-12)11-8-6-4-5-7-9-11/h10-12,14H,3-9H2,1-2H3. The Balaban J connectivity index is 2.04. The van der Waals surface area contributed by atoms with Crippen LogP contribution in [0.4, 0.5) is 0 Å². The molecular weight excluding hydrogens is 200 g/mol. The average molecular weight is 224 g/mol. The van der Waals surface area contributed by atoms with Crippen LogP contribution < -0.4 is 5.32 Å². The Morgan fingerprint density at radius 3 is 2.38 bits per heavy atom. The van der Waals surface area contributed by atoms with E-state index in [1.54, 1.807) is 0 Å². The molecule has 2 aliphatic rings. The summed E-state index contributed by atoms with van der Waals surface area (Å²) in [6.45, 7) is 4.21.